The molecule has 0 radical (unpaired) electrons. The molecule has 7 rings (SSSR count). The SMILES string of the molecule is C[C@H](/C=C/CC(=O)N(CCO)Cc1ccccc1)[C@@]1(O)C(=O)N(Cc2ccccc2)c2ccc(N3C(=O)c4cccc5cccc3c45)cc21. The maximum atomic E-state index is 14.3. The van der Waals surface area contributed by atoms with Crippen LogP contribution in [-0.2, 0) is 28.3 Å². The van der Waals surface area contributed by atoms with E-state index in [0.29, 0.717) is 29.0 Å². The third-order valence-electron chi connectivity index (χ3n) is 9.57. The number of aliphatic hydroxyl groups is 2. The molecular weight excluding hydrogens is 614 g/mol. The fourth-order valence-corrected chi connectivity index (χ4v) is 7.03. The molecule has 0 bridgehead atoms. The molecule has 2 aliphatic heterocycles. The largest absolute Gasteiger partial charge is 0.395 e. The van der Waals surface area contributed by atoms with E-state index in [1.165, 1.54) is 0 Å². The average Bonchev–Trinajstić information content (AvgIpc) is 3.53. The Kier molecular flexibility index (Phi) is 8.59. The third kappa shape index (κ3) is 5.69. The fraction of sp³-hybridized carbons (Fsp3) is 0.195. The molecule has 0 saturated carbocycles. The molecule has 0 unspecified atom stereocenters. The zero-order chi connectivity index (χ0) is 34.1. The second-order valence-electron chi connectivity index (χ2n) is 12.6. The molecule has 8 heteroatoms. The van der Waals surface area contributed by atoms with Gasteiger partial charge in [0, 0.05) is 42.1 Å². The Labute approximate surface area is 285 Å². The highest BCUT2D eigenvalue weighted by Crippen LogP contribution is 2.49. The summed E-state index contributed by atoms with van der Waals surface area (Å²) in [5.74, 6) is -1.55. The summed E-state index contributed by atoms with van der Waals surface area (Å²) >= 11 is 0. The van der Waals surface area contributed by atoms with Crippen molar-refractivity contribution in [3.05, 3.63) is 150 Å². The molecule has 0 fully saturated rings. The summed E-state index contributed by atoms with van der Waals surface area (Å²) in [6.45, 7) is 2.41. The first-order valence-electron chi connectivity index (χ1n) is 16.5. The van der Waals surface area contributed by atoms with E-state index in [9.17, 15) is 24.6 Å². The number of fused-ring (bicyclic) bond motifs is 1. The van der Waals surface area contributed by atoms with E-state index in [1.54, 1.807) is 45.9 Å². The molecular formula is C41H37N3O5. The molecule has 5 aromatic rings. The third-order valence-corrected chi connectivity index (χ3v) is 9.57. The molecule has 0 spiro atoms. The van der Waals surface area contributed by atoms with Gasteiger partial charge in [0.15, 0.2) is 5.60 Å². The molecule has 2 atom stereocenters. The van der Waals surface area contributed by atoms with Crippen molar-refractivity contribution in [3.63, 3.8) is 0 Å². The van der Waals surface area contributed by atoms with Crippen LogP contribution in [0.5, 0.6) is 0 Å². The van der Waals surface area contributed by atoms with Gasteiger partial charge in [0.25, 0.3) is 11.8 Å². The van der Waals surface area contributed by atoms with Crippen LogP contribution in [0.4, 0.5) is 17.1 Å². The van der Waals surface area contributed by atoms with Crippen LogP contribution in [0.15, 0.2) is 127 Å². The van der Waals surface area contributed by atoms with Crippen molar-refractivity contribution in [1.82, 2.24) is 4.90 Å². The minimum absolute atomic E-state index is 0.0343. The van der Waals surface area contributed by atoms with Crippen molar-refractivity contribution in [2.75, 3.05) is 23.0 Å². The number of hydrogen-bond donors (Lipinski definition) is 2. The molecule has 49 heavy (non-hydrogen) atoms. The summed E-state index contributed by atoms with van der Waals surface area (Å²) in [4.78, 5) is 46.1. The van der Waals surface area contributed by atoms with Crippen molar-refractivity contribution in [3.8, 4) is 0 Å². The van der Waals surface area contributed by atoms with Crippen LogP contribution in [0.1, 0.15) is 40.4 Å². The zero-order valence-corrected chi connectivity index (χ0v) is 27.2. The molecule has 8 nitrogen and oxygen atoms in total. The number of nitrogens with zero attached hydrogens (tertiary/aromatic N) is 3. The van der Waals surface area contributed by atoms with E-state index in [-0.39, 0.29) is 37.9 Å². The van der Waals surface area contributed by atoms with Crippen LogP contribution in [0.3, 0.4) is 0 Å². The van der Waals surface area contributed by atoms with Gasteiger partial charge in [0.2, 0.25) is 5.91 Å². The molecule has 0 saturated heterocycles. The number of amides is 3. The maximum absolute atomic E-state index is 14.3. The smallest absolute Gasteiger partial charge is 0.264 e. The summed E-state index contributed by atoms with van der Waals surface area (Å²) in [6.07, 6.45) is 3.42. The van der Waals surface area contributed by atoms with Crippen molar-refractivity contribution < 1.29 is 24.6 Å². The second-order valence-corrected chi connectivity index (χ2v) is 12.6. The highest BCUT2D eigenvalue weighted by Gasteiger charge is 2.53. The molecule has 0 aromatic heterocycles. The quantitative estimate of drug-likeness (QED) is 0.160. The Bertz CT molecular complexity index is 2070. The van der Waals surface area contributed by atoms with Crippen molar-refractivity contribution in [2.24, 2.45) is 5.92 Å². The first-order chi connectivity index (χ1) is 23.8. The minimum Gasteiger partial charge on any atom is -0.395 e. The fourth-order valence-electron chi connectivity index (χ4n) is 7.03. The van der Waals surface area contributed by atoms with Gasteiger partial charge in [-0.2, -0.15) is 0 Å². The van der Waals surface area contributed by atoms with Crippen molar-refractivity contribution >= 4 is 45.6 Å². The Balaban J connectivity index is 1.21. The topological polar surface area (TPSA) is 101 Å². The first-order valence-corrected chi connectivity index (χ1v) is 16.5. The molecule has 2 heterocycles. The highest BCUT2D eigenvalue weighted by atomic mass is 16.3. The average molecular weight is 652 g/mol. The number of hydrogen-bond acceptors (Lipinski definition) is 5. The zero-order valence-electron chi connectivity index (χ0n) is 27.2. The number of aliphatic hydroxyl groups excluding tert-OH is 1. The lowest BCUT2D eigenvalue weighted by Crippen LogP contribution is -2.44. The van der Waals surface area contributed by atoms with Crippen LogP contribution < -0.4 is 9.80 Å². The number of carbonyl (C=O) groups excluding carboxylic acids is 3. The standard InChI is InChI=1S/C41H37N3O5/c1-28(11-8-20-37(46)42(23-24-45)26-29-12-4-2-5-13-29)41(49)34-25-32(21-22-35(34)43(40(41)48)27-30-14-6-3-7-15-30)44-36-19-10-17-31-16-9-18-33(38(31)36)39(44)47/h2-19,21-22,25,28,45,49H,20,23-24,26-27H2,1H3/b11-8+/t28-,41+/m1/s1. The van der Waals surface area contributed by atoms with Gasteiger partial charge in [0.1, 0.15) is 0 Å². The molecule has 3 amide bonds. The van der Waals surface area contributed by atoms with Crippen molar-refractivity contribution in [1.29, 1.82) is 0 Å². The maximum Gasteiger partial charge on any atom is 0.264 e. The van der Waals surface area contributed by atoms with Crippen molar-refractivity contribution in [2.45, 2.75) is 32.0 Å². The minimum atomic E-state index is -1.96. The van der Waals surface area contributed by atoms with Crippen LogP contribution in [-0.4, -0.2) is 46.0 Å². The van der Waals surface area contributed by atoms with Gasteiger partial charge in [-0.15, -0.1) is 0 Å². The van der Waals surface area contributed by atoms with Crippen LogP contribution in [0.25, 0.3) is 10.8 Å². The number of carbonyl (C=O) groups is 3. The summed E-state index contributed by atoms with van der Waals surface area (Å²) in [6, 6.07) is 36.0. The lowest BCUT2D eigenvalue weighted by atomic mass is 9.82. The Morgan fingerprint density at radius 1 is 0.857 bits per heavy atom. The van der Waals surface area contributed by atoms with Gasteiger partial charge >= 0.3 is 0 Å². The predicted molar refractivity (Wildman–Crippen MR) is 190 cm³/mol. The lowest BCUT2D eigenvalue weighted by Gasteiger charge is -2.28. The van der Waals surface area contributed by atoms with E-state index in [0.717, 1.165) is 27.6 Å². The summed E-state index contributed by atoms with van der Waals surface area (Å²) in [5.41, 5.74) is 2.77. The Morgan fingerprint density at radius 2 is 1.55 bits per heavy atom. The molecule has 0 aliphatic carbocycles. The van der Waals surface area contributed by atoms with Crippen LogP contribution in [0.2, 0.25) is 0 Å². The van der Waals surface area contributed by atoms with E-state index in [1.807, 2.05) is 103 Å². The van der Waals surface area contributed by atoms with E-state index in [2.05, 4.69) is 0 Å². The van der Waals surface area contributed by atoms with Gasteiger partial charge in [0.05, 0.1) is 30.1 Å². The van der Waals surface area contributed by atoms with Gasteiger partial charge < -0.3 is 20.0 Å². The van der Waals surface area contributed by atoms with E-state index in [4.69, 9.17) is 0 Å². The van der Waals surface area contributed by atoms with E-state index < -0.39 is 17.4 Å². The Morgan fingerprint density at radius 3 is 2.27 bits per heavy atom. The van der Waals surface area contributed by atoms with Gasteiger partial charge in [-0.25, -0.2) is 0 Å². The molecule has 5 aromatic carbocycles. The lowest BCUT2D eigenvalue weighted by molar-refractivity contribution is -0.139. The molecule has 246 valence electrons. The highest BCUT2D eigenvalue weighted by molar-refractivity contribution is 6.28. The summed E-state index contributed by atoms with van der Waals surface area (Å²) < 4.78 is 0. The Hall–Kier alpha value is -5.57. The summed E-state index contributed by atoms with van der Waals surface area (Å²) in [7, 11) is 0. The van der Waals surface area contributed by atoms with Gasteiger partial charge in [-0.1, -0.05) is 104 Å². The number of rotatable bonds is 11. The predicted octanol–water partition coefficient (Wildman–Crippen LogP) is 6.47. The molecule has 2 aliphatic rings. The first kappa shape index (κ1) is 32.0. The normalized spacial score (nSPS) is 17.3. The number of anilines is 3. The second kappa shape index (κ2) is 13.1. The summed E-state index contributed by atoms with van der Waals surface area (Å²) in [5, 5.41) is 23.9. The van der Waals surface area contributed by atoms with Gasteiger partial charge in [-0.3, -0.25) is 19.3 Å². The van der Waals surface area contributed by atoms with Crippen LogP contribution in [0, 0.1) is 5.92 Å². The van der Waals surface area contributed by atoms with E-state index >= 15 is 0 Å². The monoisotopic (exact) mass is 651 g/mol. The number of benzene rings is 5. The van der Waals surface area contributed by atoms with Crippen LogP contribution >= 0.6 is 0 Å². The van der Waals surface area contributed by atoms with Gasteiger partial charge in [-0.05, 0) is 46.8 Å². The molecule has 2 N–H and O–H groups in total.